The minimum atomic E-state index is -0.268. The summed E-state index contributed by atoms with van der Waals surface area (Å²) in [5.41, 5.74) is 2.75. The minimum Gasteiger partial charge on any atom is -0.381 e. The third kappa shape index (κ3) is 4.56. The van der Waals surface area contributed by atoms with Gasteiger partial charge in [0.15, 0.2) is 0 Å². The van der Waals surface area contributed by atoms with Crippen LogP contribution in [-0.2, 0) is 17.8 Å². The van der Waals surface area contributed by atoms with Crippen molar-refractivity contribution in [3.8, 4) is 0 Å². The van der Waals surface area contributed by atoms with E-state index in [1.165, 1.54) is 6.07 Å². The lowest BCUT2D eigenvalue weighted by molar-refractivity contribution is -0.119. The quantitative estimate of drug-likeness (QED) is 0.866. The summed E-state index contributed by atoms with van der Waals surface area (Å²) in [5, 5.41) is 5.81. The van der Waals surface area contributed by atoms with Crippen molar-refractivity contribution in [2.24, 2.45) is 0 Å². The van der Waals surface area contributed by atoms with Crippen LogP contribution in [0, 0.1) is 5.82 Å². The lowest BCUT2D eigenvalue weighted by atomic mass is 10.1. The smallest absolute Gasteiger partial charge is 0.224 e. The number of hydrogen-bond donors (Lipinski definition) is 2. The number of carbonyl (C=O) groups is 1. The van der Waals surface area contributed by atoms with Crippen LogP contribution in [0.1, 0.15) is 11.1 Å². The summed E-state index contributed by atoms with van der Waals surface area (Å²) in [6.07, 6.45) is 0.370. The summed E-state index contributed by atoms with van der Waals surface area (Å²) in [4.78, 5) is 11.3. The van der Waals surface area contributed by atoms with Gasteiger partial charge in [-0.3, -0.25) is 4.79 Å². The van der Waals surface area contributed by atoms with Crippen LogP contribution in [-0.4, -0.2) is 13.0 Å². The molecule has 21 heavy (non-hydrogen) atoms. The molecule has 0 aromatic heterocycles. The van der Waals surface area contributed by atoms with Gasteiger partial charge in [-0.15, -0.1) is 0 Å². The maximum Gasteiger partial charge on any atom is 0.224 e. The van der Waals surface area contributed by atoms with Gasteiger partial charge in [-0.25, -0.2) is 4.39 Å². The molecule has 2 aromatic carbocycles. The summed E-state index contributed by atoms with van der Waals surface area (Å²) in [6.45, 7) is 0.541. The number of likely N-dealkylation sites (N-methyl/N-ethyl adjacent to an activating group) is 1. The van der Waals surface area contributed by atoms with Crippen LogP contribution in [0.25, 0.3) is 0 Å². The second kappa shape index (κ2) is 7.22. The Bertz CT molecular complexity index is 629. The highest BCUT2D eigenvalue weighted by Gasteiger charge is 2.02. The van der Waals surface area contributed by atoms with Crippen LogP contribution >= 0.6 is 15.9 Å². The summed E-state index contributed by atoms with van der Waals surface area (Å²) in [5.74, 6) is -0.281. The first-order valence-electron chi connectivity index (χ1n) is 6.56. The molecule has 0 radical (unpaired) electrons. The second-order valence-electron chi connectivity index (χ2n) is 4.65. The molecule has 0 aliphatic carbocycles. The van der Waals surface area contributed by atoms with Gasteiger partial charge in [0.05, 0.1) is 10.9 Å². The number of anilines is 1. The van der Waals surface area contributed by atoms with Gasteiger partial charge in [0.1, 0.15) is 5.82 Å². The average molecular weight is 351 g/mol. The molecule has 1 amide bonds. The van der Waals surface area contributed by atoms with E-state index in [4.69, 9.17) is 0 Å². The molecule has 110 valence electrons. The summed E-state index contributed by atoms with van der Waals surface area (Å²) < 4.78 is 13.9. The van der Waals surface area contributed by atoms with Crippen LogP contribution in [0.3, 0.4) is 0 Å². The van der Waals surface area contributed by atoms with Gasteiger partial charge in [-0.2, -0.15) is 0 Å². The molecule has 2 rings (SSSR count). The third-order valence-electron chi connectivity index (χ3n) is 3.08. The molecule has 0 aliphatic heterocycles. The fourth-order valence-corrected chi connectivity index (χ4v) is 2.11. The highest BCUT2D eigenvalue weighted by molar-refractivity contribution is 9.10. The zero-order valence-electron chi connectivity index (χ0n) is 11.6. The van der Waals surface area contributed by atoms with E-state index in [0.29, 0.717) is 17.4 Å². The third-order valence-corrected chi connectivity index (χ3v) is 3.72. The minimum absolute atomic E-state index is 0.0129. The molecular weight excluding hydrogens is 335 g/mol. The van der Waals surface area contributed by atoms with E-state index < -0.39 is 0 Å². The van der Waals surface area contributed by atoms with Crippen molar-refractivity contribution < 1.29 is 9.18 Å². The second-order valence-corrected chi connectivity index (χ2v) is 5.50. The Morgan fingerprint density at radius 3 is 2.43 bits per heavy atom. The predicted molar refractivity (Wildman–Crippen MR) is 85.6 cm³/mol. The van der Waals surface area contributed by atoms with Crippen molar-refractivity contribution in [3.63, 3.8) is 0 Å². The van der Waals surface area contributed by atoms with Gasteiger partial charge in [-0.1, -0.05) is 18.2 Å². The predicted octanol–water partition coefficient (Wildman–Crippen LogP) is 3.49. The standard InChI is InChI=1S/C16H16BrFN2O/c1-19-16(21)9-11-2-5-13(6-3-11)20-10-12-4-7-14(17)15(18)8-12/h2-8,20H,9-10H2,1H3,(H,19,21). The Morgan fingerprint density at radius 1 is 1.14 bits per heavy atom. The van der Waals surface area contributed by atoms with E-state index in [1.54, 1.807) is 13.1 Å². The molecule has 0 aliphatic rings. The summed E-state index contributed by atoms with van der Waals surface area (Å²) in [6, 6.07) is 12.7. The maximum atomic E-state index is 13.4. The van der Waals surface area contributed by atoms with Crippen molar-refractivity contribution in [3.05, 3.63) is 63.9 Å². The molecule has 3 nitrogen and oxygen atoms in total. The number of benzene rings is 2. The zero-order valence-corrected chi connectivity index (χ0v) is 13.2. The molecular formula is C16H16BrFN2O. The monoisotopic (exact) mass is 350 g/mol. The fourth-order valence-electron chi connectivity index (χ4n) is 1.87. The van der Waals surface area contributed by atoms with E-state index >= 15 is 0 Å². The van der Waals surface area contributed by atoms with Gasteiger partial charge in [0.2, 0.25) is 5.91 Å². The molecule has 2 N–H and O–H groups in total. The Hall–Kier alpha value is -1.88. The van der Waals surface area contributed by atoms with Crippen molar-refractivity contribution in [1.82, 2.24) is 5.32 Å². The molecule has 2 aromatic rings. The molecule has 0 atom stereocenters. The lowest BCUT2D eigenvalue weighted by Crippen LogP contribution is -2.19. The number of amides is 1. The average Bonchev–Trinajstić information content (AvgIpc) is 2.50. The Kier molecular flexibility index (Phi) is 5.33. The van der Waals surface area contributed by atoms with Crippen molar-refractivity contribution >= 4 is 27.5 Å². The van der Waals surface area contributed by atoms with Gasteiger partial charge in [0.25, 0.3) is 0 Å². The number of nitrogens with one attached hydrogen (secondary N) is 2. The molecule has 0 unspecified atom stereocenters. The highest BCUT2D eigenvalue weighted by atomic mass is 79.9. The molecule has 0 spiro atoms. The topological polar surface area (TPSA) is 41.1 Å². The fraction of sp³-hybridized carbons (Fsp3) is 0.188. The maximum absolute atomic E-state index is 13.4. The largest absolute Gasteiger partial charge is 0.381 e. The molecule has 0 bridgehead atoms. The van der Waals surface area contributed by atoms with Crippen LogP contribution in [0.5, 0.6) is 0 Å². The number of hydrogen-bond acceptors (Lipinski definition) is 2. The Balaban J connectivity index is 1.94. The van der Waals surface area contributed by atoms with Crippen molar-refractivity contribution in [2.45, 2.75) is 13.0 Å². The molecule has 0 heterocycles. The van der Waals surface area contributed by atoms with E-state index in [1.807, 2.05) is 30.3 Å². The van der Waals surface area contributed by atoms with Crippen LogP contribution in [0.15, 0.2) is 46.9 Å². The normalized spacial score (nSPS) is 10.2. The SMILES string of the molecule is CNC(=O)Cc1ccc(NCc2ccc(Br)c(F)c2)cc1. The van der Waals surface area contributed by atoms with Gasteiger partial charge in [-0.05, 0) is 51.3 Å². The first-order valence-corrected chi connectivity index (χ1v) is 7.35. The highest BCUT2D eigenvalue weighted by Crippen LogP contribution is 2.17. The summed E-state index contributed by atoms with van der Waals surface area (Å²) >= 11 is 3.13. The van der Waals surface area contributed by atoms with Gasteiger partial charge in [0, 0.05) is 19.3 Å². The molecule has 5 heteroatoms. The first kappa shape index (κ1) is 15.5. The van der Waals surface area contributed by atoms with Crippen molar-refractivity contribution in [1.29, 1.82) is 0 Å². The molecule has 0 fully saturated rings. The van der Waals surface area contributed by atoms with Crippen LogP contribution in [0.4, 0.5) is 10.1 Å². The molecule has 0 saturated heterocycles. The van der Waals surface area contributed by atoms with Gasteiger partial charge >= 0.3 is 0 Å². The van der Waals surface area contributed by atoms with E-state index in [2.05, 4.69) is 26.6 Å². The first-order chi connectivity index (χ1) is 10.1. The van der Waals surface area contributed by atoms with Gasteiger partial charge < -0.3 is 10.6 Å². The number of carbonyl (C=O) groups excluding carboxylic acids is 1. The Morgan fingerprint density at radius 2 is 1.81 bits per heavy atom. The lowest BCUT2D eigenvalue weighted by Gasteiger charge is -2.08. The summed E-state index contributed by atoms with van der Waals surface area (Å²) in [7, 11) is 1.62. The number of rotatable bonds is 5. The van der Waals surface area contributed by atoms with E-state index in [-0.39, 0.29) is 11.7 Å². The van der Waals surface area contributed by atoms with Crippen LogP contribution < -0.4 is 10.6 Å². The Labute approximate surface area is 131 Å². The van der Waals surface area contributed by atoms with Crippen molar-refractivity contribution in [2.75, 3.05) is 12.4 Å². The van der Waals surface area contributed by atoms with Crippen LogP contribution in [0.2, 0.25) is 0 Å². The zero-order chi connectivity index (χ0) is 15.2. The molecule has 0 saturated carbocycles. The number of halogens is 2. The van der Waals surface area contributed by atoms with E-state index in [9.17, 15) is 9.18 Å². The van der Waals surface area contributed by atoms with E-state index in [0.717, 1.165) is 16.8 Å².